The molecule has 31 heavy (non-hydrogen) atoms. The molecular formula is C24H36N4O2S. The number of nitrogens with one attached hydrogen (secondary N) is 2. The monoisotopic (exact) mass is 444 g/mol. The third-order valence-corrected chi connectivity index (χ3v) is 7.51. The van der Waals surface area contributed by atoms with E-state index in [0.717, 1.165) is 12.0 Å². The van der Waals surface area contributed by atoms with Gasteiger partial charge in [-0.2, -0.15) is 0 Å². The lowest BCUT2D eigenvalue weighted by Gasteiger charge is -2.35. The first-order chi connectivity index (χ1) is 14.6. The molecule has 2 aliphatic rings. The summed E-state index contributed by atoms with van der Waals surface area (Å²) in [6.45, 7) is 10.9. The average molecular weight is 445 g/mol. The molecule has 5 atom stereocenters. The van der Waals surface area contributed by atoms with E-state index in [9.17, 15) is 9.59 Å². The molecular weight excluding hydrogens is 408 g/mol. The van der Waals surface area contributed by atoms with Gasteiger partial charge in [0, 0.05) is 6.54 Å². The van der Waals surface area contributed by atoms with Crippen molar-refractivity contribution in [3.63, 3.8) is 0 Å². The number of likely N-dealkylation sites (N-methyl/N-ethyl adjacent to an activating group) is 1. The minimum Gasteiger partial charge on any atom is -0.348 e. The minimum absolute atomic E-state index is 0.00931. The Morgan fingerprint density at radius 3 is 2.45 bits per heavy atom. The Morgan fingerprint density at radius 2 is 1.90 bits per heavy atom. The first-order valence-corrected chi connectivity index (χ1v) is 12.1. The number of rotatable bonds is 6. The molecule has 170 valence electrons. The summed E-state index contributed by atoms with van der Waals surface area (Å²) in [6, 6.07) is 7.88. The van der Waals surface area contributed by atoms with Gasteiger partial charge in [0.1, 0.15) is 6.04 Å². The zero-order valence-corrected chi connectivity index (χ0v) is 20.3. The maximum atomic E-state index is 13.2. The maximum Gasteiger partial charge on any atom is 0.243 e. The lowest BCUT2D eigenvalue weighted by Crippen LogP contribution is -2.55. The summed E-state index contributed by atoms with van der Waals surface area (Å²) in [5.41, 5.74) is 4.03. The molecule has 1 aromatic carbocycles. The smallest absolute Gasteiger partial charge is 0.243 e. The summed E-state index contributed by atoms with van der Waals surface area (Å²) in [7, 11) is 1.81. The van der Waals surface area contributed by atoms with Gasteiger partial charge in [-0.25, -0.2) is 0 Å². The van der Waals surface area contributed by atoms with Crippen molar-refractivity contribution in [1.29, 1.82) is 0 Å². The lowest BCUT2D eigenvalue weighted by atomic mass is 9.86. The van der Waals surface area contributed by atoms with Gasteiger partial charge in [0.2, 0.25) is 11.8 Å². The van der Waals surface area contributed by atoms with Crippen LogP contribution in [0.15, 0.2) is 29.3 Å². The van der Waals surface area contributed by atoms with Crippen LogP contribution in [-0.2, 0) is 9.59 Å². The Hall–Kier alpha value is -1.86. The predicted octanol–water partition coefficient (Wildman–Crippen LogP) is 3.69. The van der Waals surface area contributed by atoms with Gasteiger partial charge in [0.05, 0.1) is 28.9 Å². The van der Waals surface area contributed by atoms with Gasteiger partial charge in [0.25, 0.3) is 0 Å². The molecule has 1 fully saturated rings. The Bertz CT molecular complexity index is 818. The van der Waals surface area contributed by atoms with Crippen LogP contribution in [0.2, 0.25) is 0 Å². The molecule has 0 aromatic heterocycles. The number of benzene rings is 1. The van der Waals surface area contributed by atoms with E-state index in [0.29, 0.717) is 18.2 Å². The molecule has 2 heterocycles. The third kappa shape index (κ3) is 5.32. The van der Waals surface area contributed by atoms with E-state index in [4.69, 9.17) is 0 Å². The summed E-state index contributed by atoms with van der Waals surface area (Å²) in [6.07, 6.45) is 1.56. The number of carbonyl (C=O) groups excluding carboxylic acids is 2. The van der Waals surface area contributed by atoms with E-state index in [1.165, 1.54) is 5.56 Å². The molecule has 0 aliphatic carbocycles. The zero-order valence-electron chi connectivity index (χ0n) is 19.5. The van der Waals surface area contributed by atoms with Crippen LogP contribution in [0.4, 0.5) is 0 Å². The van der Waals surface area contributed by atoms with Crippen molar-refractivity contribution in [1.82, 2.24) is 15.5 Å². The van der Waals surface area contributed by atoms with Crippen LogP contribution in [0.5, 0.6) is 0 Å². The Kier molecular flexibility index (Phi) is 7.47. The number of nitrogens with zero attached hydrogens (tertiary/aromatic N) is 2. The van der Waals surface area contributed by atoms with Crippen molar-refractivity contribution in [2.75, 3.05) is 13.6 Å². The fourth-order valence-corrected chi connectivity index (χ4v) is 5.51. The third-order valence-electron chi connectivity index (χ3n) is 6.31. The Morgan fingerprint density at radius 1 is 1.23 bits per heavy atom. The second-order valence-corrected chi connectivity index (χ2v) is 10.7. The van der Waals surface area contributed by atoms with Gasteiger partial charge in [-0.05, 0) is 50.3 Å². The lowest BCUT2D eigenvalue weighted by molar-refractivity contribution is -0.142. The van der Waals surface area contributed by atoms with Crippen molar-refractivity contribution < 1.29 is 9.59 Å². The SMILES string of the molecule is CN[C@H](C(=O)N1CCC[C@H]1C(=O)N[C@@H](C)c1ccc(C2SC=NC2C)cc1)C(C)(C)C. The van der Waals surface area contributed by atoms with Gasteiger partial charge in [-0.1, -0.05) is 45.0 Å². The standard InChI is InChI=1S/C24H36N4O2S/c1-15(17-9-11-18(12-10-17)20-16(2)26-14-31-20)27-22(29)19-8-7-13-28(19)23(30)21(25-6)24(3,4)5/h9-12,14-16,19-21,25H,7-8,13H2,1-6H3,(H,27,29)/t15-,16?,19-,20?,21+/m0/s1. The second-order valence-electron chi connectivity index (χ2n) is 9.73. The van der Waals surface area contributed by atoms with E-state index < -0.39 is 6.04 Å². The summed E-state index contributed by atoms with van der Waals surface area (Å²) < 4.78 is 0. The maximum absolute atomic E-state index is 13.2. The van der Waals surface area contributed by atoms with Crippen molar-refractivity contribution in [2.45, 2.75) is 76.9 Å². The normalized spacial score (nSPS) is 25.5. The van der Waals surface area contributed by atoms with E-state index >= 15 is 0 Å². The van der Waals surface area contributed by atoms with E-state index in [1.807, 2.05) is 40.3 Å². The fraction of sp³-hybridized carbons (Fsp3) is 0.625. The van der Waals surface area contributed by atoms with Crippen LogP contribution in [0.3, 0.4) is 0 Å². The largest absolute Gasteiger partial charge is 0.348 e. The van der Waals surface area contributed by atoms with Crippen LogP contribution in [-0.4, -0.2) is 54.0 Å². The molecule has 6 nitrogen and oxygen atoms in total. The van der Waals surface area contributed by atoms with Gasteiger partial charge in [-0.15, -0.1) is 11.8 Å². The van der Waals surface area contributed by atoms with Crippen LogP contribution < -0.4 is 10.6 Å². The quantitative estimate of drug-likeness (QED) is 0.702. The van der Waals surface area contributed by atoms with E-state index in [-0.39, 0.29) is 35.4 Å². The highest BCUT2D eigenvalue weighted by atomic mass is 32.2. The van der Waals surface area contributed by atoms with Gasteiger partial charge >= 0.3 is 0 Å². The molecule has 0 spiro atoms. The van der Waals surface area contributed by atoms with Crippen LogP contribution in [0, 0.1) is 5.41 Å². The van der Waals surface area contributed by atoms with Gasteiger partial charge < -0.3 is 15.5 Å². The first-order valence-electron chi connectivity index (χ1n) is 11.2. The fourth-order valence-electron chi connectivity index (χ4n) is 4.51. The number of aliphatic imine (C=N–C) groups is 1. The zero-order chi connectivity index (χ0) is 22.8. The minimum atomic E-state index is -0.402. The molecule has 7 heteroatoms. The second kappa shape index (κ2) is 9.74. The molecule has 2 unspecified atom stereocenters. The molecule has 1 saturated heterocycles. The number of likely N-dealkylation sites (tertiary alicyclic amines) is 1. The first kappa shape index (κ1) is 23.8. The molecule has 0 bridgehead atoms. The highest BCUT2D eigenvalue weighted by Gasteiger charge is 2.40. The van der Waals surface area contributed by atoms with Crippen LogP contribution in [0.25, 0.3) is 0 Å². The summed E-state index contributed by atoms with van der Waals surface area (Å²) in [4.78, 5) is 32.4. The number of hydrogen-bond acceptors (Lipinski definition) is 5. The molecule has 2 N–H and O–H groups in total. The van der Waals surface area contributed by atoms with Crippen molar-refractivity contribution in [3.8, 4) is 0 Å². The van der Waals surface area contributed by atoms with Crippen molar-refractivity contribution >= 4 is 29.1 Å². The van der Waals surface area contributed by atoms with Crippen molar-refractivity contribution in [2.24, 2.45) is 10.4 Å². The number of amides is 2. The number of hydrogen-bond donors (Lipinski definition) is 2. The van der Waals surface area contributed by atoms with Gasteiger partial charge in [0.15, 0.2) is 0 Å². The van der Waals surface area contributed by atoms with E-state index in [2.05, 4.69) is 46.8 Å². The van der Waals surface area contributed by atoms with Crippen LogP contribution in [0.1, 0.15) is 69.9 Å². The van der Waals surface area contributed by atoms with Gasteiger partial charge in [-0.3, -0.25) is 14.6 Å². The number of thioether (sulfide) groups is 1. The Labute approximate surface area is 190 Å². The summed E-state index contributed by atoms with van der Waals surface area (Å²) in [5, 5.41) is 6.64. The molecule has 3 rings (SSSR count). The predicted molar refractivity (Wildman–Crippen MR) is 128 cm³/mol. The van der Waals surface area contributed by atoms with Crippen molar-refractivity contribution in [3.05, 3.63) is 35.4 Å². The molecule has 2 aliphatic heterocycles. The topological polar surface area (TPSA) is 73.8 Å². The summed E-state index contributed by atoms with van der Waals surface area (Å²) in [5.74, 6) is -0.0605. The molecule has 0 saturated carbocycles. The average Bonchev–Trinajstić information content (AvgIpc) is 3.36. The number of carbonyl (C=O) groups is 2. The van der Waals surface area contributed by atoms with Crippen LogP contribution >= 0.6 is 11.8 Å². The molecule has 1 aromatic rings. The van der Waals surface area contributed by atoms with E-state index in [1.54, 1.807) is 16.7 Å². The summed E-state index contributed by atoms with van der Waals surface area (Å²) >= 11 is 1.75. The highest BCUT2D eigenvalue weighted by Crippen LogP contribution is 2.37. The highest BCUT2D eigenvalue weighted by molar-refractivity contribution is 8.12. The molecule has 0 radical (unpaired) electrons. The Balaban J connectivity index is 1.64. The molecule has 2 amide bonds.